The topological polar surface area (TPSA) is 75.4 Å². The molecule has 2 atom stereocenters. The highest BCUT2D eigenvalue weighted by Crippen LogP contribution is 2.48. The predicted octanol–water partition coefficient (Wildman–Crippen LogP) is -0.680. The molecule has 0 spiro atoms. The zero-order chi connectivity index (χ0) is 12.0. The fraction of sp³-hybridized carbons (Fsp3) is 0.818. The van der Waals surface area contributed by atoms with Gasteiger partial charge in [0.2, 0.25) is 11.8 Å². The van der Waals surface area contributed by atoms with Gasteiger partial charge in [0.15, 0.2) is 0 Å². The van der Waals surface area contributed by atoms with Crippen molar-refractivity contribution in [3.05, 3.63) is 0 Å². The quantitative estimate of drug-likeness (QED) is 0.654. The van der Waals surface area contributed by atoms with Crippen molar-refractivity contribution >= 4 is 11.8 Å². The van der Waals surface area contributed by atoms with Gasteiger partial charge in [-0.1, -0.05) is 6.92 Å². The Hall–Kier alpha value is -1.10. The van der Waals surface area contributed by atoms with Crippen LogP contribution in [0.5, 0.6) is 0 Å². The number of nitrogens with two attached hydrogens (primary N) is 1. The Bertz CT molecular complexity index is 344. The molecule has 5 heteroatoms. The summed E-state index contributed by atoms with van der Waals surface area (Å²) in [7, 11) is 0. The average Bonchev–Trinajstić information content (AvgIpc) is 2.50. The SMILES string of the molecule is C[C@]12CCN(CC(N)=O)C(=O)[C@@]1(C)CNC2. The summed E-state index contributed by atoms with van der Waals surface area (Å²) >= 11 is 0. The van der Waals surface area contributed by atoms with E-state index < -0.39 is 5.91 Å². The van der Waals surface area contributed by atoms with Crippen molar-refractivity contribution in [3.8, 4) is 0 Å². The number of rotatable bonds is 2. The van der Waals surface area contributed by atoms with Crippen LogP contribution in [0.1, 0.15) is 20.3 Å². The Labute approximate surface area is 95.3 Å². The molecular weight excluding hydrogens is 206 g/mol. The first-order valence-electron chi connectivity index (χ1n) is 5.67. The van der Waals surface area contributed by atoms with E-state index in [1.54, 1.807) is 4.90 Å². The number of amides is 2. The summed E-state index contributed by atoms with van der Waals surface area (Å²) in [6.45, 7) is 6.38. The summed E-state index contributed by atoms with van der Waals surface area (Å²) in [5.74, 6) is -0.378. The molecule has 0 saturated carbocycles. The second-order valence-corrected chi connectivity index (χ2v) is 5.44. The van der Waals surface area contributed by atoms with Crippen LogP contribution in [0.15, 0.2) is 0 Å². The molecule has 2 saturated heterocycles. The molecule has 5 nitrogen and oxygen atoms in total. The number of hydrogen-bond donors (Lipinski definition) is 2. The van der Waals surface area contributed by atoms with E-state index in [-0.39, 0.29) is 23.3 Å². The molecule has 0 radical (unpaired) electrons. The number of carbonyl (C=O) groups is 2. The lowest BCUT2D eigenvalue weighted by Gasteiger charge is -2.47. The minimum Gasteiger partial charge on any atom is -0.368 e. The first-order valence-corrected chi connectivity index (χ1v) is 5.67. The molecule has 2 aliphatic rings. The van der Waals surface area contributed by atoms with Crippen molar-refractivity contribution in [2.24, 2.45) is 16.6 Å². The van der Waals surface area contributed by atoms with Crippen LogP contribution in [0.25, 0.3) is 0 Å². The molecule has 0 unspecified atom stereocenters. The first-order chi connectivity index (χ1) is 7.39. The molecule has 2 fully saturated rings. The van der Waals surface area contributed by atoms with Crippen LogP contribution in [0.4, 0.5) is 0 Å². The largest absolute Gasteiger partial charge is 0.368 e. The van der Waals surface area contributed by atoms with Crippen LogP contribution < -0.4 is 11.1 Å². The number of piperidine rings is 1. The van der Waals surface area contributed by atoms with Gasteiger partial charge < -0.3 is 16.0 Å². The summed E-state index contributed by atoms with van der Waals surface area (Å²) in [6.07, 6.45) is 0.926. The van der Waals surface area contributed by atoms with Crippen LogP contribution in [0.3, 0.4) is 0 Å². The summed E-state index contributed by atoms with van der Waals surface area (Å²) < 4.78 is 0. The Morgan fingerprint density at radius 3 is 2.81 bits per heavy atom. The summed E-state index contributed by atoms with van der Waals surface area (Å²) in [5.41, 5.74) is 4.77. The molecule has 2 aliphatic heterocycles. The van der Waals surface area contributed by atoms with Crippen LogP contribution in [-0.4, -0.2) is 42.9 Å². The lowest BCUT2D eigenvalue weighted by Crippen LogP contribution is -2.58. The van der Waals surface area contributed by atoms with E-state index in [1.807, 2.05) is 6.92 Å². The molecule has 2 heterocycles. The number of nitrogens with zero attached hydrogens (tertiary/aromatic N) is 1. The summed E-state index contributed by atoms with van der Waals surface area (Å²) in [5, 5.41) is 3.29. The third-order valence-corrected chi connectivity index (χ3v) is 4.37. The van der Waals surface area contributed by atoms with Gasteiger partial charge in [0, 0.05) is 19.6 Å². The third kappa shape index (κ3) is 1.42. The number of carbonyl (C=O) groups excluding carboxylic acids is 2. The Kier molecular flexibility index (Phi) is 2.45. The van der Waals surface area contributed by atoms with Gasteiger partial charge in [-0.2, -0.15) is 0 Å². The van der Waals surface area contributed by atoms with Crippen molar-refractivity contribution in [3.63, 3.8) is 0 Å². The van der Waals surface area contributed by atoms with Crippen LogP contribution in [0, 0.1) is 10.8 Å². The van der Waals surface area contributed by atoms with Gasteiger partial charge >= 0.3 is 0 Å². The highest BCUT2D eigenvalue weighted by molar-refractivity contribution is 5.89. The van der Waals surface area contributed by atoms with Crippen LogP contribution in [-0.2, 0) is 9.59 Å². The molecule has 3 N–H and O–H groups in total. The van der Waals surface area contributed by atoms with Gasteiger partial charge in [0.1, 0.15) is 0 Å². The maximum Gasteiger partial charge on any atom is 0.237 e. The molecule has 90 valence electrons. The summed E-state index contributed by atoms with van der Waals surface area (Å²) in [6, 6.07) is 0. The van der Waals surface area contributed by atoms with Crippen molar-refractivity contribution in [1.82, 2.24) is 10.2 Å². The molecule has 0 bridgehead atoms. The zero-order valence-corrected chi connectivity index (χ0v) is 9.88. The molecule has 2 amide bonds. The number of fused-ring (bicyclic) bond motifs is 1. The van der Waals surface area contributed by atoms with Gasteiger partial charge in [0.05, 0.1) is 12.0 Å². The van der Waals surface area contributed by atoms with Crippen molar-refractivity contribution in [2.75, 3.05) is 26.2 Å². The lowest BCUT2D eigenvalue weighted by atomic mass is 9.63. The Balaban J connectivity index is 2.22. The molecule has 0 aromatic carbocycles. The highest BCUT2D eigenvalue weighted by Gasteiger charge is 2.57. The number of primary amides is 1. The maximum absolute atomic E-state index is 12.3. The smallest absolute Gasteiger partial charge is 0.237 e. The number of likely N-dealkylation sites (tertiary alicyclic amines) is 1. The Morgan fingerprint density at radius 2 is 2.19 bits per heavy atom. The van der Waals surface area contributed by atoms with Crippen LogP contribution >= 0.6 is 0 Å². The predicted molar refractivity (Wildman–Crippen MR) is 59.5 cm³/mol. The minimum atomic E-state index is -0.438. The van der Waals surface area contributed by atoms with E-state index in [4.69, 9.17) is 5.73 Å². The molecule has 16 heavy (non-hydrogen) atoms. The van der Waals surface area contributed by atoms with Gasteiger partial charge in [-0.3, -0.25) is 9.59 Å². The average molecular weight is 225 g/mol. The first kappa shape index (κ1) is 11.4. The van der Waals surface area contributed by atoms with E-state index in [0.29, 0.717) is 13.1 Å². The fourth-order valence-corrected chi connectivity index (χ4v) is 2.87. The van der Waals surface area contributed by atoms with E-state index in [2.05, 4.69) is 12.2 Å². The number of hydrogen-bond acceptors (Lipinski definition) is 3. The zero-order valence-electron chi connectivity index (χ0n) is 9.88. The van der Waals surface area contributed by atoms with Gasteiger partial charge in [0.25, 0.3) is 0 Å². The maximum atomic E-state index is 12.3. The standard InChI is InChI=1S/C11H19N3O2/c1-10-3-4-14(5-8(12)15)9(16)11(10,2)7-13-6-10/h13H,3-7H2,1-2H3,(H2,12,15)/t10-,11-/m1/s1. The third-order valence-electron chi connectivity index (χ3n) is 4.37. The van der Waals surface area contributed by atoms with Crippen LogP contribution in [0.2, 0.25) is 0 Å². The van der Waals surface area contributed by atoms with Crippen molar-refractivity contribution in [1.29, 1.82) is 0 Å². The lowest BCUT2D eigenvalue weighted by molar-refractivity contribution is -0.154. The normalized spacial score (nSPS) is 38.6. The molecule has 0 aromatic heterocycles. The summed E-state index contributed by atoms with van der Waals surface area (Å²) in [4.78, 5) is 24.8. The molecule has 0 aliphatic carbocycles. The van der Waals surface area contributed by atoms with Crippen molar-refractivity contribution in [2.45, 2.75) is 20.3 Å². The highest BCUT2D eigenvalue weighted by atomic mass is 16.2. The van der Waals surface area contributed by atoms with E-state index in [1.165, 1.54) is 0 Å². The van der Waals surface area contributed by atoms with Gasteiger partial charge in [-0.15, -0.1) is 0 Å². The second kappa shape index (κ2) is 3.45. The Morgan fingerprint density at radius 1 is 1.50 bits per heavy atom. The molecule has 2 rings (SSSR count). The van der Waals surface area contributed by atoms with E-state index >= 15 is 0 Å². The second-order valence-electron chi connectivity index (χ2n) is 5.44. The molecular formula is C11H19N3O2. The minimum absolute atomic E-state index is 0.0121. The van der Waals surface area contributed by atoms with E-state index in [0.717, 1.165) is 13.0 Å². The molecule has 0 aromatic rings. The van der Waals surface area contributed by atoms with Crippen molar-refractivity contribution < 1.29 is 9.59 Å². The van der Waals surface area contributed by atoms with Gasteiger partial charge in [-0.25, -0.2) is 0 Å². The number of nitrogens with one attached hydrogen (secondary N) is 1. The fourth-order valence-electron chi connectivity index (χ4n) is 2.87. The van der Waals surface area contributed by atoms with E-state index in [9.17, 15) is 9.59 Å². The monoisotopic (exact) mass is 225 g/mol. The van der Waals surface area contributed by atoms with Gasteiger partial charge in [-0.05, 0) is 18.8 Å².